The Morgan fingerprint density at radius 1 is 0.889 bits per heavy atom. The van der Waals surface area contributed by atoms with Gasteiger partial charge in [-0.05, 0) is 28.8 Å². The second-order valence-electron chi connectivity index (χ2n) is 7.61. The van der Waals surface area contributed by atoms with Crippen molar-refractivity contribution in [3.8, 4) is 33.5 Å². The molecule has 1 N–H and O–H groups in total. The molecule has 2 aromatic carbocycles. The first-order valence-corrected chi connectivity index (χ1v) is 11.4. The summed E-state index contributed by atoms with van der Waals surface area (Å²) in [6.45, 7) is 0. The first-order valence-electron chi connectivity index (χ1n) is 10.5. The van der Waals surface area contributed by atoms with E-state index in [0.717, 1.165) is 32.6 Å². The van der Waals surface area contributed by atoms with E-state index < -0.39 is 12.1 Å². The molecule has 0 spiro atoms. The van der Waals surface area contributed by atoms with Gasteiger partial charge in [-0.2, -0.15) is 18.3 Å². The summed E-state index contributed by atoms with van der Waals surface area (Å²) in [6.07, 6.45) is -1.60. The predicted molar refractivity (Wildman–Crippen MR) is 133 cm³/mol. The van der Waals surface area contributed by atoms with Crippen LogP contribution in [-0.2, 0) is 11.8 Å². The van der Waals surface area contributed by atoms with Crippen molar-refractivity contribution in [2.45, 2.75) is 6.18 Å². The molecule has 0 bridgehead atoms. The number of nitrogens with zero attached hydrogens (tertiary/aromatic N) is 3. The minimum Gasteiger partial charge on any atom is -0.475 e. The molecule has 3 heterocycles. The molecule has 10 heteroatoms. The van der Waals surface area contributed by atoms with Gasteiger partial charge in [0, 0.05) is 35.9 Å². The van der Waals surface area contributed by atoms with Crippen molar-refractivity contribution < 1.29 is 23.1 Å². The number of thiophene rings is 1. The van der Waals surface area contributed by atoms with Crippen molar-refractivity contribution in [2.75, 3.05) is 0 Å². The van der Waals surface area contributed by atoms with Gasteiger partial charge in [-0.25, -0.2) is 9.48 Å². The zero-order valence-electron chi connectivity index (χ0n) is 18.7. The molecule has 0 unspecified atom stereocenters. The third-order valence-electron chi connectivity index (χ3n) is 5.26. The molecule has 0 radical (unpaired) electrons. The molecule has 0 saturated heterocycles. The average Bonchev–Trinajstić information content (AvgIpc) is 3.33. The Bertz CT molecular complexity index is 1560. The number of aliphatic carboxylic acids is 1. The van der Waals surface area contributed by atoms with Crippen LogP contribution in [0.15, 0.2) is 89.3 Å². The summed E-state index contributed by atoms with van der Waals surface area (Å²) >= 11 is 1.56. The molecule has 0 atom stereocenters. The van der Waals surface area contributed by atoms with E-state index >= 15 is 0 Å². The summed E-state index contributed by atoms with van der Waals surface area (Å²) in [7, 11) is 1.71. The molecule has 0 amide bonds. The Balaban J connectivity index is 0.000000384. The number of halogens is 3. The Hall–Kier alpha value is -4.31. The molecule has 0 fully saturated rings. The van der Waals surface area contributed by atoms with Crippen LogP contribution in [-0.4, -0.2) is 32.0 Å². The summed E-state index contributed by atoms with van der Waals surface area (Å²) < 4.78 is 34.1. The molecule has 0 aliphatic carbocycles. The molecule has 182 valence electrons. The van der Waals surface area contributed by atoms with E-state index in [1.807, 2.05) is 35.7 Å². The first-order chi connectivity index (χ1) is 17.2. The molecule has 6 nitrogen and oxygen atoms in total. The number of carboxylic acids is 1. The van der Waals surface area contributed by atoms with E-state index in [1.165, 1.54) is 10.2 Å². The predicted octanol–water partition coefficient (Wildman–Crippen LogP) is 6.02. The van der Waals surface area contributed by atoms with Crippen molar-refractivity contribution in [1.82, 2.24) is 14.8 Å². The van der Waals surface area contributed by atoms with E-state index in [2.05, 4.69) is 46.5 Å². The maximum absolute atomic E-state index is 12.9. The number of carbonyl (C=O) groups is 1. The third-order valence-corrected chi connectivity index (χ3v) is 6.25. The maximum atomic E-state index is 12.9. The lowest BCUT2D eigenvalue weighted by atomic mass is 10.0. The van der Waals surface area contributed by atoms with Crippen LogP contribution in [0.3, 0.4) is 0 Å². The first kappa shape index (κ1) is 24.8. The van der Waals surface area contributed by atoms with E-state index in [9.17, 15) is 18.0 Å². The number of aryl methyl sites for hydroxylation is 1. The summed E-state index contributed by atoms with van der Waals surface area (Å²) in [4.78, 5) is 25.9. The van der Waals surface area contributed by atoms with Crippen molar-refractivity contribution in [3.63, 3.8) is 0 Å². The lowest BCUT2D eigenvalue weighted by Crippen LogP contribution is -2.21. The van der Waals surface area contributed by atoms with Gasteiger partial charge in [0.25, 0.3) is 5.56 Å². The summed E-state index contributed by atoms with van der Waals surface area (Å²) in [6, 6.07) is 22.5. The SMILES string of the molecule is Cn1nc(-c2ccc(-c3ccccc3)cc2)c2scc(-c3ccncc3)c2c1=O.O=C(O)C(F)(F)F. The van der Waals surface area contributed by atoms with Crippen molar-refractivity contribution >= 4 is 27.4 Å². The van der Waals surface area contributed by atoms with E-state index in [4.69, 9.17) is 9.90 Å². The number of pyridine rings is 1. The molecule has 5 aromatic rings. The lowest BCUT2D eigenvalue weighted by Gasteiger charge is -2.08. The van der Waals surface area contributed by atoms with Crippen LogP contribution in [0.1, 0.15) is 0 Å². The fourth-order valence-electron chi connectivity index (χ4n) is 3.53. The molecule has 0 aliphatic heterocycles. The number of hydrogen-bond donors (Lipinski definition) is 1. The molecular weight excluding hydrogens is 491 g/mol. The molecule has 3 aromatic heterocycles. The van der Waals surface area contributed by atoms with Gasteiger partial charge in [-0.15, -0.1) is 11.3 Å². The minimum atomic E-state index is -5.08. The maximum Gasteiger partial charge on any atom is 0.490 e. The van der Waals surface area contributed by atoms with E-state index in [1.54, 1.807) is 30.8 Å². The molecule has 36 heavy (non-hydrogen) atoms. The molecule has 0 saturated carbocycles. The summed E-state index contributed by atoms with van der Waals surface area (Å²) in [5.74, 6) is -2.76. The highest BCUT2D eigenvalue weighted by Crippen LogP contribution is 2.36. The van der Waals surface area contributed by atoms with Crippen LogP contribution >= 0.6 is 11.3 Å². The van der Waals surface area contributed by atoms with Gasteiger partial charge < -0.3 is 5.11 Å². The number of alkyl halides is 3. The lowest BCUT2D eigenvalue weighted by molar-refractivity contribution is -0.192. The van der Waals surface area contributed by atoms with Gasteiger partial charge in [-0.3, -0.25) is 9.78 Å². The van der Waals surface area contributed by atoms with Crippen molar-refractivity contribution in [2.24, 2.45) is 7.05 Å². The minimum absolute atomic E-state index is 0.0854. The Morgan fingerprint density at radius 2 is 1.44 bits per heavy atom. The van der Waals surface area contributed by atoms with Crippen LogP contribution in [0.25, 0.3) is 43.6 Å². The standard InChI is InChI=1S/C24H17N3OS.C2HF3O2/c1-27-24(28)21-20(18-11-13-25-14-12-18)15-29-23(21)22(26-27)19-9-7-17(8-10-19)16-5-3-2-4-6-16;3-2(4,5)1(6)7/h2-15H,1H3;(H,6,7). The van der Waals surface area contributed by atoms with E-state index in [0.29, 0.717) is 5.39 Å². The Morgan fingerprint density at radius 3 is 2.03 bits per heavy atom. The van der Waals surface area contributed by atoms with E-state index in [-0.39, 0.29) is 5.56 Å². The average molecular weight is 510 g/mol. The highest BCUT2D eigenvalue weighted by Gasteiger charge is 2.38. The molecular formula is C26H18F3N3O3S. The second kappa shape index (κ2) is 10.1. The van der Waals surface area contributed by atoms with Crippen molar-refractivity contribution in [1.29, 1.82) is 0 Å². The fourth-order valence-corrected chi connectivity index (χ4v) is 4.61. The van der Waals surface area contributed by atoms with Gasteiger partial charge in [0.15, 0.2) is 0 Å². The van der Waals surface area contributed by atoms with Crippen LogP contribution in [0.5, 0.6) is 0 Å². The topological polar surface area (TPSA) is 85.1 Å². The zero-order chi connectivity index (χ0) is 25.9. The van der Waals surface area contributed by atoms with Crippen LogP contribution in [0.4, 0.5) is 13.2 Å². The quantitative estimate of drug-likeness (QED) is 0.321. The van der Waals surface area contributed by atoms with Crippen LogP contribution in [0.2, 0.25) is 0 Å². The Labute approximate surface area is 206 Å². The van der Waals surface area contributed by atoms with Crippen LogP contribution < -0.4 is 5.56 Å². The normalized spacial score (nSPS) is 11.1. The van der Waals surface area contributed by atoms with Crippen molar-refractivity contribution in [3.05, 3.63) is 94.9 Å². The van der Waals surface area contributed by atoms with Gasteiger partial charge in [-0.1, -0.05) is 54.6 Å². The second-order valence-corrected chi connectivity index (χ2v) is 8.49. The number of carboxylic acid groups (broad SMARTS) is 1. The number of rotatable bonds is 3. The third kappa shape index (κ3) is 5.18. The number of aromatic nitrogens is 3. The largest absolute Gasteiger partial charge is 0.490 e. The number of benzene rings is 2. The summed E-state index contributed by atoms with van der Waals surface area (Å²) in [5, 5.41) is 14.4. The van der Waals surface area contributed by atoms with Gasteiger partial charge in [0.2, 0.25) is 0 Å². The number of fused-ring (bicyclic) bond motifs is 1. The molecule has 0 aliphatic rings. The fraction of sp³-hybridized carbons (Fsp3) is 0.0769. The highest BCUT2D eigenvalue weighted by molar-refractivity contribution is 7.18. The van der Waals surface area contributed by atoms with Gasteiger partial charge in [0.1, 0.15) is 5.69 Å². The summed E-state index contributed by atoms with van der Waals surface area (Å²) in [5.41, 5.74) is 5.98. The monoisotopic (exact) mass is 509 g/mol. The van der Waals surface area contributed by atoms with Crippen LogP contribution in [0, 0.1) is 0 Å². The smallest absolute Gasteiger partial charge is 0.475 e. The number of hydrogen-bond acceptors (Lipinski definition) is 5. The van der Waals surface area contributed by atoms with Gasteiger partial charge >= 0.3 is 12.1 Å². The molecule has 5 rings (SSSR count). The highest BCUT2D eigenvalue weighted by atomic mass is 32.1. The Kier molecular flexibility index (Phi) is 6.98. The zero-order valence-corrected chi connectivity index (χ0v) is 19.5. The van der Waals surface area contributed by atoms with Gasteiger partial charge in [0.05, 0.1) is 10.1 Å².